The van der Waals surface area contributed by atoms with Gasteiger partial charge in [-0.2, -0.15) is 13.2 Å². The van der Waals surface area contributed by atoms with E-state index in [2.05, 4.69) is 20.5 Å². The van der Waals surface area contributed by atoms with Crippen LogP contribution < -0.4 is 9.64 Å². The van der Waals surface area contributed by atoms with Crippen molar-refractivity contribution in [1.29, 1.82) is 0 Å². The fraction of sp³-hybridized carbons (Fsp3) is 0.350. The van der Waals surface area contributed by atoms with E-state index in [-0.39, 0.29) is 37.9 Å². The van der Waals surface area contributed by atoms with Crippen LogP contribution in [-0.4, -0.2) is 68.4 Å². The Bertz CT molecular complexity index is 1120. The predicted molar refractivity (Wildman–Crippen MR) is 107 cm³/mol. The summed E-state index contributed by atoms with van der Waals surface area (Å²) in [4.78, 5) is 14.4. The molecule has 0 unspecified atom stereocenters. The first kappa shape index (κ1) is 22.4. The Morgan fingerprint density at radius 1 is 1.03 bits per heavy atom. The van der Waals surface area contributed by atoms with Crippen molar-refractivity contribution in [2.24, 2.45) is 0 Å². The minimum Gasteiger partial charge on any atom is -0.470 e. The summed E-state index contributed by atoms with van der Waals surface area (Å²) in [5, 5.41) is 16.1. The Hall–Kier alpha value is -3.77. The molecule has 0 N–H and O–H groups in total. The Morgan fingerprint density at radius 2 is 1.79 bits per heavy atom. The summed E-state index contributed by atoms with van der Waals surface area (Å²) in [7, 11) is 0. The van der Waals surface area contributed by atoms with Crippen LogP contribution in [-0.2, 0) is 11.4 Å². The average Bonchev–Trinajstić information content (AvgIpc) is 3.14. The molecule has 1 fully saturated rings. The van der Waals surface area contributed by atoms with Crippen LogP contribution in [0.4, 0.5) is 23.4 Å². The van der Waals surface area contributed by atoms with Gasteiger partial charge >= 0.3 is 6.18 Å². The highest BCUT2D eigenvalue weighted by Gasteiger charge is 2.35. The Labute approximate surface area is 185 Å². The van der Waals surface area contributed by atoms with E-state index in [0.717, 1.165) is 4.90 Å². The Morgan fingerprint density at radius 3 is 2.42 bits per heavy atom. The SMILES string of the molecule is Cc1nnn(-c2ccc(F)cc2)c1COc1ccc(N2CCN(CC(F)(F)F)C(=O)C2)nn1. The molecule has 1 aliphatic heterocycles. The number of ether oxygens (including phenoxy) is 1. The number of nitrogens with zero attached hydrogens (tertiary/aromatic N) is 7. The van der Waals surface area contributed by atoms with Crippen LogP contribution in [0.5, 0.6) is 5.88 Å². The number of hydrogen-bond donors (Lipinski definition) is 0. The highest BCUT2D eigenvalue weighted by atomic mass is 19.4. The second-order valence-electron chi connectivity index (χ2n) is 7.38. The van der Waals surface area contributed by atoms with Gasteiger partial charge in [-0.1, -0.05) is 5.21 Å². The highest BCUT2D eigenvalue weighted by Crippen LogP contribution is 2.21. The van der Waals surface area contributed by atoms with Crippen molar-refractivity contribution < 1.29 is 27.1 Å². The van der Waals surface area contributed by atoms with Crippen LogP contribution in [0.25, 0.3) is 5.69 Å². The number of aryl methyl sites for hydroxylation is 1. The van der Waals surface area contributed by atoms with Crippen LogP contribution in [0.2, 0.25) is 0 Å². The number of piperazine rings is 1. The molecule has 1 saturated heterocycles. The van der Waals surface area contributed by atoms with Crippen molar-refractivity contribution in [3.63, 3.8) is 0 Å². The van der Waals surface area contributed by atoms with E-state index in [4.69, 9.17) is 4.74 Å². The molecule has 4 rings (SSSR count). The lowest BCUT2D eigenvalue weighted by molar-refractivity contribution is -0.161. The molecule has 1 amide bonds. The average molecular weight is 465 g/mol. The van der Waals surface area contributed by atoms with Crippen molar-refractivity contribution in [2.75, 3.05) is 31.1 Å². The summed E-state index contributed by atoms with van der Waals surface area (Å²) in [6.07, 6.45) is -4.43. The van der Waals surface area contributed by atoms with E-state index in [0.29, 0.717) is 22.9 Å². The fourth-order valence-electron chi connectivity index (χ4n) is 3.32. The van der Waals surface area contributed by atoms with E-state index in [9.17, 15) is 22.4 Å². The first-order valence-corrected chi connectivity index (χ1v) is 9.93. The smallest absolute Gasteiger partial charge is 0.406 e. The van der Waals surface area contributed by atoms with E-state index < -0.39 is 18.6 Å². The zero-order valence-electron chi connectivity index (χ0n) is 17.5. The third kappa shape index (κ3) is 5.35. The van der Waals surface area contributed by atoms with Gasteiger partial charge in [-0.25, -0.2) is 9.07 Å². The van der Waals surface area contributed by atoms with Crippen molar-refractivity contribution in [2.45, 2.75) is 19.7 Å². The third-order valence-electron chi connectivity index (χ3n) is 5.02. The van der Waals surface area contributed by atoms with Crippen molar-refractivity contribution in [3.8, 4) is 11.6 Å². The molecular formula is C20H19F4N7O2. The maximum atomic E-state index is 13.2. The van der Waals surface area contributed by atoms with Gasteiger partial charge < -0.3 is 14.5 Å². The van der Waals surface area contributed by atoms with Gasteiger partial charge in [0.1, 0.15) is 24.7 Å². The molecule has 33 heavy (non-hydrogen) atoms. The number of carbonyl (C=O) groups excluding carboxylic acids is 1. The van der Waals surface area contributed by atoms with E-state index in [1.54, 1.807) is 36.1 Å². The molecule has 0 spiro atoms. The summed E-state index contributed by atoms with van der Waals surface area (Å²) in [6, 6.07) is 8.89. The number of amides is 1. The molecular weight excluding hydrogens is 446 g/mol. The van der Waals surface area contributed by atoms with E-state index >= 15 is 0 Å². The lowest BCUT2D eigenvalue weighted by Gasteiger charge is -2.34. The molecule has 3 aromatic rings. The van der Waals surface area contributed by atoms with Crippen LogP contribution in [0.1, 0.15) is 11.4 Å². The molecule has 3 heterocycles. The number of carbonyl (C=O) groups is 1. The second kappa shape index (κ2) is 9.00. The number of rotatable bonds is 6. The zero-order chi connectivity index (χ0) is 23.6. The Kier molecular flexibility index (Phi) is 6.11. The maximum absolute atomic E-state index is 13.2. The number of hydrogen-bond acceptors (Lipinski definition) is 7. The van der Waals surface area contributed by atoms with Gasteiger partial charge in [0.25, 0.3) is 0 Å². The quantitative estimate of drug-likeness (QED) is 0.516. The molecule has 2 aromatic heterocycles. The standard InChI is InChI=1S/C20H19F4N7O2/c1-13-16(31(28-25-13)15-4-2-14(21)3-5-15)11-33-18-7-6-17(26-27-18)29-8-9-30(19(32)10-29)12-20(22,23)24/h2-7H,8-12H2,1H3. The van der Waals surface area contributed by atoms with Gasteiger partial charge in [-0.15, -0.1) is 15.3 Å². The fourth-order valence-corrected chi connectivity index (χ4v) is 3.32. The predicted octanol–water partition coefficient (Wildman–Crippen LogP) is 2.29. The topological polar surface area (TPSA) is 89.3 Å². The molecule has 0 saturated carbocycles. The van der Waals surface area contributed by atoms with Gasteiger partial charge in [0.05, 0.1) is 17.9 Å². The minimum atomic E-state index is -4.43. The van der Waals surface area contributed by atoms with Gasteiger partial charge in [-0.05, 0) is 37.3 Å². The Balaban J connectivity index is 1.38. The molecule has 1 aromatic carbocycles. The normalized spacial score (nSPS) is 14.6. The van der Waals surface area contributed by atoms with Crippen LogP contribution in [0.3, 0.4) is 0 Å². The number of aromatic nitrogens is 5. The van der Waals surface area contributed by atoms with E-state index in [1.165, 1.54) is 16.8 Å². The highest BCUT2D eigenvalue weighted by molar-refractivity contribution is 5.82. The summed E-state index contributed by atoms with van der Waals surface area (Å²) in [6.45, 7) is 0.499. The third-order valence-corrected chi connectivity index (χ3v) is 5.02. The zero-order valence-corrected chi connectivity index (χ0v) is 17.5. The maximum Gasteiger partial charge on any atom is 0.406 e. The molecule has 0 bridgehead atoms. The largest absolute Gasteiger partial charge is 0.470 e. The minimum absolute atomic E-state index is 0.0576. The van der Waals surface area contributed by atoms with Gasteiger partial charge in [-0.3, -0.25) is 4.79 Å². The lowest BCUT2D eigenvalue weighted by atomic mass is 10.3. The molecule has 9 nitrogen and oxygen atoms in total. The summed E-state index contributed by atoms with van der Waals surface area (Å²) >= 11 is 0. The monoisotopic (exact) mass is 465 g/mol. The van der Waals surface area contributed by atoms with E-state index in [1.807, 2.05) is 0 Å². The summed E-state index contributed by atoms with van der Waals surface area (Å²) < 4.78 is 58.1. The van der Waals surface area contributed by atoms with Crippen molar-refractivity contribution in [3.05, 3.63) is 53.6 Å². The molecule has 174 valence electrons. The summed E-state index contributed by atoms with van der Waals surface area (Å²) in [5.74, 6) is -0.437. The number of benzene rings is 1. The molecule has 0 aliphatic carbocycles. The van der Waals surface area contributed by atoms with Crippen LogP contribution in [0.15, 0.2) is 36.4 Å². The first-order chi connectivity index (χ1) is 15.7. The second-order valence-corrected chi connectivity index (χ2v) is 7.38. The van der Waals surface area contributed by atoms with Crippen LogP contribution in [0, 0.1) is 12.7 Å². The molecule has 13 heteroatoms. The number of anilines is 1. The van der Waals surface area contributed by atoms with Crippen LogP contribution >= 0.6 is 0 Å². The van der Waals surface area contributed by atoms with Crippen molar-refractivity contribution >= 4 is 11.7 Å². The summed E-state index contributed by atoms with van der Waals surface area (Å²) in [5.41, 5.74) is 1.88. The lowest BCUT2D eigenvalue weighted by Crippen LogP contribution is -2.53. The van der Waals surface area contributed by atoms with Gasteiger partial charge in [0, 0.05) is 19.2 Å². The number of halogens is 4. The van der Waals surface area contributed by atoms with Gasteiger partial charge in [0.2, 0.25) is 11.8 Å². The number of alkyl halides is 3. The van der Waals surface area contributed by atoms with Gasteiger partial charge in [0.15, 0.2) is 5.82 Å². The van der Waals surface area contributed by atoms with Crippen molar-refractivity contribution in [1.82, 2.24) is 30.1 Å². The first-order valence-electron chi connectivity index (χ1n) is 9.93. The molecule has 0 radical (unpaired) electrons. The molecule has 0 atom stereocenters. The molecule has 1 aliphatic rings.